The Morgan fingerprint density at radius 3 is 2.73 bits per heavy atom. The number of rotatable bonds is 6. The van der Waals surface area contributed by atoms with E-state index in [4.69, 9.17) is 0 Å². The molecule has 1 N–H and O–H groups in total. The van der Waals surface area contributed by atoms with Gasteiger partial charge in [-0.1, -0.05) is 0 Å². The predicted octanol–water partition coefficient (Wildman–Crippen LogP) is 1.71. The molecule has 26 heavy (non-hydrogen) atoms. The molecule has 0 bridgehead atoms. The molecule has 0 aliphatic heterocycles. The number of nitrogens with zero attached hydrogens (tertiary/aromatic N) is 5. The Balaban J connectivity index is 1.82. The molecule has 0 radical (unpaired) electrons. The summed E-state index contributed by atoms with van der Waals surface area (Å²) in [5.41, 5.74) is 1.15. The Kier molecular flexibility index (Phi) is 5.21. The van der Waals surface area contributed by atoms with E-state index in [1.807, 2.05) is 20.0 Å². The van der Waals surface area contributed by atoms with Crippen molar-refractivity contribution in [1.29, 1.82) is 0 Å². The number of hydrogen-bond donors (Lipinski definition) is 1. The number of amides is 1. The van der Waals surface area contributed by atoms with Crippen LogP contribution < -0.4 is 5.56 Å². The van der Waals surface area contributed by atoms with Gasteiger partial charge in [0.15, 0.2) is 0 Å². The molecule has 0 atom stereocenters. The lowest BCUT2D eigenvalue weighted by Gasteiger charge is -2.19. The largest absolute Gasteiger partial charge is 0.334 e. The maximum atomic E-state index is 12.8. The number of aromatic amines is 1. The molecule has 0 spiro atoms. The van der Waals surface area contributed by atoms with Crippen molar-refractivity contribution in [1.82, 2.24) is 29.6 Å². The number of pyridine rings is 1. The number of aromatic nitrogens is 5. The fourth-order valence-electron chi connectivity index (χ4n) is 2.58. The molecule has 3 heterocycles. The standard InChI is InChI=1S/C18H20N6O2/c1-3-23(11-13-8-21-24(4-2)12-13)18(26)15-10-20-16(22-17(15)25)14-6-5-7-19-9-14/h5-10,12H,3-4,11H2,1-2H3,(H,20,22,25). The Bertz CT molecular complexity index is 948. The highest BCUT2D eigenvalue weighted by molar-refractivity contribution is 5.93. The fraction of sp³-hybridized carbons (Fsp3) is 0.278. The first-order valence-electron chi connectivity index (χ1n) is 8.42. The monoisotopic (exact) mass is 352 g/mol. The summed E-state index contributed by atoms with van der Waals surface area (Å²) < 4.78 is 1.80. The van der Waals surface area contributed by atoms with Crippen LogP contribution in [0.1, 0.15) is 29.8 Å². The Morgan fingerprint density at radius 2 is 2.12 bits per heavy atom. The van der Waals surface area contributed by atoms with Crippen molar-refractivity contribution in [2.75, 3.05) is 6.54 Å². The average Bonchev–Trinajstić information content (AvgIpc) is 3.14. The van der Waals surface area contributed by atoms with E-state index in [0.717, 1.165) is 12.1 Å². The molecule has 0 aliphatic carbocycles. The van der Waals surface area contributed by atoms with Crippen LogP contribution in [0.2, 0.25) is 0 Å². The molecule has 134 valence electrons. The first kappa shape index (κ1) is 17.5. The third-order valence-electron chi connectivity index (χ3n) is 4.02. The van der Waals surface area contributed by atoms with Gasteiger partial charge in [0, 0.05) is 55.5 Å². The van der Waals surface area contributed by atoms with Crippen LogP contribution >= 0.6 is 0 Å². The van der Waals surface area contributed by atoms with Gasteiger partial charge < -0.3 is 9.88 Å². The number of carbonyl (C=O) groups is 1. The third-order valence-corrected chi connectivity index (χ3v) is 4.02. The highest BCUT2D eigenvalue weighted by atomic mass is 16.2. The number of aryl methyl sites for hydroxylation is 1. The van der Waals surface area contributed by atoms with Crippen molar-refractivity contribution >= 4 is 5.91 Å². The molecule has 8 nitrogen and oxygen atoms in total. The van der Waals surface area contributed by atoms with E-state index in [1.165, 1.54) is 6.20 Å². The van der Waals surface area contributed by atoms with Crippen molar-refractivity contribution in [3.63, 3.8) is 0 Å². The molecule has 0 aliphatic rings. The molecule has 8 heteroatoms. The predicted molar refractivity (Wildman–Crippen MR) is 96.4 cm³/mol. The topological polar surface area (TPSA) is 96.8 Å². The molecule has 1 amide bonds. The third kappa shape index (κ3) is 3.69. The smallest absolute Gasteiger partial charge is 0.264 e. The van der Waals surface area contributed by atoms with Gasteiger partial charge >= 0.3 is 0 Å². The van der Waals surface area contributed by atoms with Gasteiger partial charge in [0.2, 0.25) is 0 Å². The summed E-state index contributed by atoms with van der Waals surface area (Å²) in [4.78, 5) is 37.6. The summed E-state index contributed by atoms with van der Waals surface area (Å²) in [7, 11) is 0. The van der Waals surface area contributed by atoms with Crippen LogP contribution in [0, 0.1) is 0 Å². The summed E-state index contributed by atoms with van der Waals surface area (Å²) in [5, 5.41) is 4.21. The van der Waals surface area contributed by atoms with Crippen LogP contribution in [0.4, 0.5) is 0 Å². The summed E-state index contributed by atoms with van der Waals surface area (Å²) in [6.45, 7) is 5.49. The lowest BCUT2D eigenvalue weighted by atomic mass is 10.2. The van der Waals surface area contributed by atoms with Crippen molar-refractivity contribution in [3.8, 4) is 11.4 Å². The van der Waals surface area contributed by atoms with Gasteiger partial charge in [-0.3, -0.25) is 19.3 Å². The molecule has 3 aromatic rings. The number of hydrogen-bond acceptors (Lipinski definition) is 5. The lowest BCUT2D eigenvalue weighted by molar-refractivity contribution is 0.0750. The van der Waals surface area contributed by atoms with Crippen LogP contribution in [-0.2, 0) is 13.1 Å². The maximum Gasteiger partial charge on any atom is 0.264 e. The zero-order chi connectivity index (χ0) is 18.5. The summed E-state index contributed by atoms with van der Waals surface area (Å²) in [6.07, 6.45) is 8.18. The zero-order valence-corrected chi connectivity index (χ0v) is 14.7. The summed E-state index contributed by atoms with van der Waals surface area (Å²) in [5.74, 6) is 0.0233. The molecule has 0 aromatic carbocycles. The molecule has 0 saturated heterocycles. The average molecular weight is 352 g/mol. The van der Waals surface area contributed by atoms with Crippen LogP contribution in [0.5, 0.6) is 0 Å². The van der Waals surface area contributed by atoms with Crippen LogP contribution in [-0.4, -0.2) is 42.1 Å². The van der Waals surface area contributed by atoms with Crippen LogP contribution in [0.25, 0.3) is 11.4 Å². The highest BCUT2D eigenvalue weighted by Gasteiger charge is 2.19. The molecule has 0 fully saturated rings. The van der Waals surface area contributed by atoms with Crippen molar-refractivity contribution < 1.29 is 4.79 Å². The van der Waals surface area contributed by atoms with E-state index in [2.05, 4.69) is 20.1 Å². The second-order valence-corrected chi connectivity index (χ2v) is 5.74. The quantitative estimate of drug-likeness (QED) is 0.728. The van der Waals surface area contributed by atoms with Crippen molar-refractivity contribution in [2.24, 2.45) is 0 Å². The summed E-state index contributed by atoms with van der Waals surface area (Å²) >= 11 is 0. The first-order valence-corrected chi connectivity index (χ1v) is 8.42. The summed E-state index contributed by atoms with van der Waals surface area (Å²) in [6, 6.07) is 3.54. The van der Waals surface area contributed by atoms with Crippen LogP contribution in [0.15, 0.2) is 47.9 Å². The van der Waals surface area contributed by atoms with E-state index in [-0.39, 0.29) is 11.5 Å². The lowest BCUT2D eigenvalue weighted by Crippen LogP contribution is -2.34. The van der Waals surface area contributed by atoms with E-state index in [9.17, 15) is 9.59 Å². The van der Waals surface area contributed by atoms with Gasteiger partial charge in [0.1, 0.15) is 11.4 Å². The van der Waals surface area contributed by atoms with Gasteiger partial charge in [0.05, 0.1) is 6.20 Å². The Labute approximate surface area is 150 Å². The Hall–Kier alpha value is -3.29. The van der Waals surface area contributed by atoms with E-state index < -0.39 is 5.56 Å². The second kappa shape index (κ2) is 7.73. The van der Waals surface area contributed by atoms with Gasteiger partial charge in [-0.05, 0) is 26.0 Å². The number of H-pyrrole nitrogens is 1. The van der Waals surface area contributed by atoms with Gasteiger partial charge in [-0.2, -0.15) is 5.10 Å². The molecule has 0 saturated carbocycles. The zero-order valence-electron chi connectivity index (χ0n) is 14.7. The van der Waals surface area contributed by atoms with Gasteiger partial charge in [-0.15, -0.1) is 0 Å². The van der Waals surface area contributed by atoms with E-state index in [0.29, 0.717) is 24.5 Å². The maximum absolute atomic E-state index is 12.8. The molecular formula is C18H20N6O2. The second-order valence-electron chi connectivity index (χ2n) is 5.74. The molecule has 3 rings (SSSR count). The molecule has 3 aromatic heterocycles. The van der Waals surface area contributed by atoms with Gasteiger partial charge in [-0.25, -0.2) is 4.98 Å². The highest BCUT2D eigenvalue weighted by Crippen LogP contribution is 2.12. The molecule has 0 unspecified atom stereocenters. The van der Waals surface area contributed by atoms with E-state index in [1.54, 1.807) is 40.3 Å². The SMILES string of the molecule is CCN(Cc1cnn(CC)c1)C(=O)c1cnc(-c2cccnc2)[nH]c1=O. The molecular weight excluding hydrogens is 332 g/mol. The number of nitrogens with one attached hydrogen (secondary N) is 1. The normalized spacial score (nSPS) is 10.7. The van der Waals surface area contributed by atoms with E-state index >= 15 is 0 Å². The van der Waals surface area contributed by atoms with Crippen molar-refractivity contribution in [2.45, 2.75) is 26.9 Å². The number of carbonyl (C=O) groups excluding carboxylic acids is 1. The minimum absolute atomic E-state index is 0.0161. The fourth-order valence-corrected chi connectivity index (χ4v) is 2.58. The van der Waals surface area contributed by atoms with Crippen LogP contribution in [0.3, 0.4) is 0 Å². The minimum atomic E-state index is -0.466. The minimum Gasteiger partial charge on any atom is -0.334 e. The van der Waals surface area contributed by atoms with Gasteiger partial charge in [0.25, 0.3) is 11.5 Å². The first-order chi connectivity index (χ1) is 12.6. The Morgan fingerprint density at radius 1 is 1.27 bits per heavy atom. The van der Waals surface area contributed by atoms with Crippen molar-refractivity contribution in [3.05, 3.63) is 64.6 Å².